The Balaban J connectivity index is 1.71. The highest BCUT2D eigenvalue weighted by Gasteiger charge is 2.43. The van der Waals surface area contributed by atoms with E-state index in [4.69, 9.17) is 4.42 Å². The SMILES string of the molecule is C[C@@H]([C@@H]1C[C@H]2CC[C@H]1C2)n1c(SC(F)F)nnc1-c1ccco1. The molecule has 2 aromatic heterocycles. The molecule has 0 aliphatic heterocycles. The molecule has 4 nitrogen and oxygen atoms in total. The van der Waals surface area contributed by atoms with Crippen molar-refractivity contribution in [2.24, 2.45) is 17.8 Å². The van der Waals surface area contributed by atoms with E-state index >= 15 is 0 Å². The van der Waals surface area contributed by atoms with Crippen LogP contribution in [0.5, 0.6) is 0 Å². The van der Waals surface area contributed by atoms with E-state index in [2.05, 4.69) is 17.1 Å². The van der Waals surface area contributed by atoms with Crippen LogP contribution < -0.4 is 0 Å². The molecule has 2 aromatic rings. The minimum absolute atomic E-state index is 0.0987. The van der Waals surface area contributed by atoms with Crippen molar-refractivity contribution in [1.82, 2.24) is 14.8 Å². The Morgan fingerprint density at radius 2 is 2.17 bits per heavy atom. The summed E-state index contributed by atoms with van der Waals surface area (Å²) in [5.74, 6) is 0.639. The lowest BCUT2D eigenvalue weighted by Gasteiger charge is -2.30. The number of halogens is 2. The number of nitrogens with zero attached hydrogens (tertiary/aromatic N) is 3. The highest BCUT2D eigenvalue weighted by Crippen LogP contribution is 2.53. The van der Waals surface area contributed by atoms with E-state index in [0.717, 1.165) is 5.92 Å². The summed E-state index contributed by atoms with van der Waals surface area (Å²) in [5, 5.41) is 8.41. The maximum Gasteiger partial charge on any atom is 0.291 e. The number of fused-ring (bicyclic) bond motifs is 2. The first-order chi connectivity index (χ1) is 11.1. The van der Waals surface area contributed by atoms with Crippen LogP contribution in [0.15, 0.2) is 28.0 Å². The number of hydrogen-bond acceptors (Lipinski definition) is 4. The van der Waals surface area contributed by atoms with E-state index in [1.54, 1.807) is 18.4 Å². The maximum atomic E-state index is 12.9. The molecular formula is C16H19F2N3OS. The van der Waals surface area contributed by atoms with Crippen LogP contribution in [-0.4, -0.2) is 20.5 Å². The molecule has 0 spiro atoms. The van der Waals surface area contributed by atoms with Crippen molar-refractivity contribution < 1.29 is 13.2 Å². The number of furan rings is 1. The maximum absolute atomic E-state index is 12.9. The summed E-state index contributed by atoms with van der Waals surface area (Å²) in [7, 11) is 0. The Hall–Kier alpha value is -1.37. The van der Waals surface area contributed by atoms with E-state index < -0.39 is 5.76 Å². The van der Waals surface area contributed by atoms with Crippen molar-refractivity contribution in [3.63, 3.8) is 0 Å². The average molecular weight is 339 g/mol. The molecular weight excluding hydrogens is 320 g/mol. The predicted octanol–water partition coefficient (Wildman–Crippen LogP) is 4.85. The first kappa shape index (κ1) is 15.2. The zero-order chi connectivity index (χ0) is 16.0. The van der Waals surface area contributed by atoms with Gasteiger partial charge < -0.3 is 4.42 Å². The van der Waals surface area contributed by atoms with Crippen molar-refractivity contribution in [3.8, 4) is 11.6 Å². The molecule has 4 atom stereocenters. The molecule has 23 heavy (non-hydrogen) atoms. The molecule has 0 aromatic carbocycles. The molecule has 2 aliphatic rings. The van der Waals surface area contributed by atoms with Crippen LogP contribution in [0.25, 0.3) is 11.6 Å². The summed E-state index contributed by atoms with van der Waals surface area (Å²) in [5.41, 5.74) is 0. The Morgan fingerprint density at radius 1 is 1.30 bits per heavy atom. The number of hydrogen-bond donors (Lipinski definition) is 0. The molecule has 2 fully saturated rings. The number of aromatic nitrogens is 3. The molecule has 7 heteroatoms. The standard InChI is InChI=1S/C16H19F2N3OS/c1-9(12-8-10-4-5-11(12)7-10)21-14(13-3-2-6-22-13)19-20-16(21)23-15(17)18/h2-3,6,9-12,15H,4-5,7-8H2,1H3/t9-,10-,11-,12-/m0/s1. The lowest BCUT2D eigenvalue weighted by molar-refractivity contribution is 0.231. The van der Waals surface area contributed by atoms with Gasteiger partial charge in [0.15, 0.2) is 10.9 Å². The summed E-state index contributed by atoms with van der Waals surface area (Å²) in [6, 6.07) is 3.67. The van der Waals surface area contributed by atoms with E-state index in [0.29, 0.717) is 35.2 Å². The van der Waals surface area contributed by atoms with Gasteiger partial charge in [0.1, 0.15) is 0 Å². The van der Waals surface area contributed by atoms with Gasteiger partial charge >= 0.3 is 0 Å². The lowest BCUT2D eigenvalue weighted by Crippen LogP contribution is -2.23. The Kier molecular flexibility index (Phi) is 3.91. The van der Waals surface area contributed by atoms with Gasteiger partial charge in [0, 0.05) is 6.04 Å². The fourth-order valence-electron chi connectivity index (χ4n) is 4.45. The van der Waals surface area contributed by atoms with E-state index in [1.165, 1.54) is 25.7 Å². The summed E-state index contributed by atoms with van der Waals surface area (Å²) in [6.07, 6.45) is 6.61. The third-order valence-corrected chi connectivity index (χ3v) is 6.09. The predicted molar refractivity (Wildman–Crippen MR) is 83.2 cm³/mol. The van der Waals surface area contributed by atoms with E-state index in [1.807, 2.05) is 4.57 Å². The van der Waals surface area contributed by atoms with Gasteiger partial charge in [0.25, 0.3) is 5.76 Å². The summed E-state index contributed by atoms with van der Waals surface area (Å²) in [6.45, 7) is 2.11. The fraction of sp³-hybridized carbons (Fsp3) is 0.625. The second-order valence-electron chi connectivity index (χ2n) is 6.61. The van der Waals surface area contributed by atoms with Crippen LogP contribution in [0.2, 0.25) is 0 Å². The molecule has 124 valence electrons. The van der Waals surface area contributed by atoms with E-state index in [9.17, 15) is 8.78 Å². The van der Waals surface area contributed by atoms with Gasteiger partial charge in [-0.3, -0.25) is 4.57 Å². The zero-order valence-corrected chi connectivity index (χ0v) is 13.7. The molecule has 0 unspecified atom stereocenters. The van der Waals surface area contributed by atoms with E-state index in [-0.39, 0.29) is 11.2 Å². The first-order valence-corrected chi connectivity index (χ1v) is 8.95. The van der Waals surface area contributed by atoms with Gasteiger partial charge in [-0.25, -0.2) is 0 Å². The van der Waals surface area contributed by atoms with Gasteiger partial charge in [-0.2, -0.15) is 8.78 Å². The molecule has 2 aliphatic carbocycles. The molecule has 0 N–H and O–H groups in total. The molecule has 0 saturated heterocycles. The molecule has 2 bridgehead atoms. The van der Waals surface area contributed by atoms with Crippen molar-refractivity contribution in [3.05, 3.63) is 18.4 Å². The van der Waals surface area contributed by atoms with Gasteiger partial charge in [0.05, 0.1) is 6.26 Å². The van der Waals surface area contributed by atoms with Crippen LogP contribution in [-0.2, 0) is 0 Å². The third-order valence-electron chi connectivity index (χ3n) is 5.42. The quantitative estimate of drug-likeness (QED) is 0.730. The zero-order valence-electron chi connectivity index (χ0n) is 12.9. The molecule has 2 saturated carbocycles. The van der Waals surface area contributed by atoms with Crippen LogP contribution in [0.4, 0.5) is 8.78 Å². The van der Waals surface area contributed by atoms with Crippen LogP contribution in [0.3, 0.4) is 0 Å². The van der Waals surface area contributed by atoms with Crippen molar-refractivity contribution >= 4 is 11.8 Å². The van der Waals surface area contributed by atoms with Crippen molar-refractivity contribution in [2.75, 3.05) is 0 Å². The van der Waals surface area contributed by atoms with Gasteiger partial charge in [-0.05, 0) is 67.8 Å². The summed E-state index contributed by atoms with van der Waals surface area (Å²) in [4.78, 5) is 0. The Morgan fingerprint density at radius 3 is 2.78 bits per heavy atom. The molecule has 0 amide bonds. The highest BCUT2D eigenvalue weighted by molar-refractivity contribution is 7.99. The minimum atomic E-state index is -2.50. The fourth-order valence-corrected chi connectivity index (χ4v) is 5.07. The van der Waals surface area contributed by atoms with Crippen LogP contribution in [0, 0.1) is 17.8 Å². The third kappa shape index (κ3) is 2.69. The molecule has 2 heterocycles. The second-order valence-corrected chi connectivity index (χ2v) is 7.57. The monoisotopic (exact) mass is 339 g/mol. The van der Waals surface area contributed by atoms with Gasteiger partial charge in [0.2, 0.25) is 5.82 Å². The average Bonchev–Trinajstić information content (AvgIpc) is 3.29. The van der Waals surface area contributed by atoms with Crippen LogP contribution in [0.1, 0.15) is 38.6 Å². The van der Waals surface area contributed by atoms with Gasteiger partial charge in [-0.15, -0.1) is 10.2 Å². The number of rotatable bonds is 5. The topological polar surface area (TPSA) is 43.9 Å². The Bertz CT molecular complexity index is 673. The second kappa shape index (κ2) is 5.92. The summed E-state index contributed by atoms with van der Waals surface area (Å²) >= 11 is 0.465. The minimum Gasteiger partial charge on any atom is -0.461 e. The smallest absolute Gasteiger partial charge is 0.291 e. The van der Waals surface area contributed by atoms with Crippen molar-refractivity contribution in [2.45, 2.75) is 49.6 Å². The normalized spacial score (nSPS) is 27.9. The number of thioether (sulfide) groups is 1. The first-order valence-electron chi connectivity index (χ1n) is 8.07. The van der Waals surface area contributed by atoms with Crippen molar-refractivity contribution in [1.29, 1.82) is 0 Å². The lowest BCUT2D eigenvalue weighted by atomic mass is 9.84. The molecule has 4 rings (SSSR count). The molecule has 0 radical (unpaired) electrons. The Labute approximate surface area is 137 Å². The number of alkyl halides is 2. The van der Waals surface area contributed by atoms with Crippen LogP contribution >= 0.6 is 11.8 Å². The van der Waals surface area contributed by atoms with Gasteiger partial charge in [-0.1, -0.05) is 6.42 Å². The highest BCUT2D eigenvalue weighted by atomic mass is 32.2. The largest absolute Gasteiger partial charge is 0.461 e. The summed E-state index contributed by atoms with van der Waals surface area (Å²) < 4.78 is 33.1.